The number of nitrogens with zero attached hydrogens (tertiary/aromatic N) is 2. The number of carbonyl (C=O) groups excluding carboxylic acids is 1. The Bertz CT molecular complexity index is 846. The first kappa shape index (κ1) is 28.0. The molecule has 0 amide bonds. The van der Waals surface area contributed by atoms with Crippen LogP contribution in [-0.2, 0) is 4.79 Å². The van der Waals surface area contributed by atoms with Gasteiger partial charge >= 0.3 is 0 Å². The number of halogens is 1. The molecule has 0 radical (unpaired) electrons. The van der Waals surface area contributed by atoms with Crippen molar-refractivity contribution in [1.29, 1.82) is 0 Å². The summed E-state index contributed by atoms with van der Waals surface area (Å²) in [6, 6.07) is 10.6. The van der Waals surface area contributed by atoms with Crippen LogP contribution in [0.2, 0.25) is 0 Å². The predicted octanol–water partition coefficient (Wildman–Crippen LogP) is 6.14. The summed E-state index contributed by atoms with van der Waals surface area (Å²) in [5.74, 6) is 0.460. The molecular formula is C24H33FN2O3S2. The Labute approximate surface area is 199 Å². The molecule has 0 bridgehead atoms. The molecular weight excluding hydrogens is 447 g/mol. The summed E-state index contributed by atoms with van der Waals surface area (Å²) in [6.07, 6.45) is 8.01. The van der Waals surface area contributed by atoms with E-state index < -0.39 is 0 Å². The lowest BCUT2D eigenvalue weighted by atomic mass is 10.2. The number of aliphatic hydroxyl groups is 1. The molecule has 32 heavy (non-hydrogen) atoms. The first-order valence-corrected chi connectivity index (χ1v) is 12.4. The Morgan fingerprint density at radius 2 is 1.81 bits per heavy atom. The first-order valence-electron chi connectivity index (χ1n) is 10.4. The molecule has 176 valence electrons. The minimum absolute atomic E-state index is 0.245. The Kier molecular flexibility index (Phi) is 13.8. The summed E-state index contributed by atoms with van der Waals surface area (Å²) in [5, 5.41) is 7.00. The summed E-state index contributed by atoms with van der Waals surface area (Å²) in [7, 11) is 3.04. The van der Waals surface area contributed by atoms with Crippen LogP contribution in [0.5, 0.6) is 5.75 Å². The molecule has 0 saturated heterocycles. The van der Waals surface area contributed by atoms with E-state index in [-0.39, 0.29) is 5.82 Å². The molecule has 5 nitrogen and oxygen atoms in total. The third-order valence-corrected chi connectivity index (χ3v) is 6.20. The second-order valence-corrected chi connectivity index (χ2v) is 8.72. The summed E-state index contributed by atoms with van der Waals surface area (Å²) in [6.45, 7) is 6.01. The number of fused-ring (bicyclic) bond motifs is 1. The second-order valence-electron chi connectivity index (χ2n) is 6.62. The normalized spacial score (nSPS) is 13.3. The number of aldehydes is 1. The van der Waals surface area contributed by atoms with E-state index in [1.807, 2.05) is 19.4 Å². The lowest BCUT2D eigenvalue weighted by molar-refractivity contribution is -0.104. The highest BCUT2D eigenvalue weighted by molar-refractivity contribution is 7.98. The highest BCUT2D eigenvalue weighted by atomic mass is 32.2. The van der Waals surface area contributed by atoms with Gasteiger partial charge in [0, 0.05) is 32.0 Å². The van der Waals surface area contributed by atoms with E-state index in [1.165, 1.54) is 37.3 Å². The molecule has 0 aromatic heterocycles. The number of benzene rings is 2. The van der Waals surface area contributed by atoms with E-state index in [0.29, 0.717) is 12.0 Å². The number of rotatable bonds is 6. The Morgan fingerprint density at radius 1 is 1.16 bits per heavy atom. The van der Waals surface area contributed by atoms with E-state index in [4.69, 9.17) is 9.84 Å². The smallest absolute Gasteiger partial charge is 0.145 e. The first-order chi connectivity index (χ1) is 15.5. The number of anilines is 2. The van der Waals surface area contributed by atoms with Crippen molar-refractivity contribution in [2.75, 3.05) is 38.4 Å². The summed E-state index contributed by atoms with van der Waals surface area (Å²) >= 11 is 3.22. The number of thioether (sulfide) groups is 1. The van der Waals surface area contributed by atoms with Gasteiger partial charge < -0.3 is 14.7 Å². The van der Waals surface area contributed by atoms with E-state index in [9.17, 15) is 9.18 Å². The van der Waals surface area contributed by atoms with Crippen LogP contribution in [0.4, 0.5) is 15.8 Å². The SMILES string of the molecule is CCCC.CO.CSc1cc2c(cc1O/C=C/C=O)SN(C)CCN2c1ccc(F)cc1. The van der Waals surface area contributed by atoms with Crippen molar-refractivity contribution in [2.45, 2.75) is 36.5 Å². The molecule has 0 unspecified atom stereocenters. The molecule has 0 atom stereocenters. The molecule has 3 rings (SSSR count). The van der Waals surface area contributed by atoms with Gasteiger partial charge in [0.15, 0.2) is 0 Å². The minimum Gasteiger partial charge on any atom is -0.464 e. The van der Waals surface area contributed by atoms with Crippen molar-refractivity contribution >= 4 is 41.4 Å². The molecule has 0 spiro atoms. The van der Waals surface area contributed by atoms with Gasteiger partial charge in [0.25, 0.3) is 0 Å². The fourth-order valence-corrected chi connectivity index (χ4v) is 4.14. The second kappa shape index (κ2) is 15.7. The molecule has 1 aliphatic heterocycles. The molecule has 1 aliphatic rings. The van der Waals surface area contributed by atoms with Crippen LogP contribution in [0.3, 0.4) is 0 Å². The summed E-state index contributed by atoms with van der Waals surface area (Å²) in [5.41, 5.74) is 2.01. The van der Waals surface area contributed by atoms with Crippen LogP contribution in [0, 0.1) is 5.82 Å². The molecule has 8 heteroatoms. The summed E-state index contributed by atoms with van der Waals surface area (Å²) < 4.78 is 21.1. The number of hydrogen-bond acceptors (Lipinski definition) is 7. The number of carbonyl (C=O) groups is 1. The van der Waals surface area contributed by atoms with Crippen LogP contribution >= 0.6 is 23.7 Å². The maximum Gasteiger partial charge on any atom is 0.145 e. The molecule has 1 heterocycles. The van der Waals surface area contributed by atoms with Crippen LogP contribution < -0.4 is 9.64 Å². The van der Waals surface area contributed by atoms with E-state index in [1.54, 1.807) is 35.8 Å². The third-order valence-electron chi connectivity index (χ3n) is 4.42. The third kappa shape index (κ3) is 8.50. The zero-order valence-electron chi connectivity index (χ0n) is 19.4. The average Bonchev–Trinajstić information content (AvgIpc) is 2.98. The van der Waals surface area contributed by atoms with Crippen LogP contribution in [-0.4, -0.2) is 49.2 Å². The van der Waals surface area contributed by atoms with Gasteiger partial charge in [0.2, 0.25) is 0 Å². The molecule has 2 aromatic rings. The van der Waals surface area contributed by atoms with Crippen molar-refractivity contribution in [3.63, 3.8) is 0 Å². The van der Waals surface area contributed by atoms with Gasteiger partial charge in [-0.25, -0.2) is 8.70 Å². The van der Waals surface area contributed by atoms with Crippen LogP contribution in [0.1, 0.15) is 26.7 Å². The average molecular weight is 481 g/mol. The number of allylic oxidation sites excluding steroid dienone is 1. The number of aliphatic hydroxyl groups excluding tert-OH is 1. The van der Waals surface area contributed by atoms with E-state index in [2.05, 4.69) is 29.1 Å². The number of hydrogen-bond donors (Lipinski definition) is 1. The van der Waals surface area contributed by atoms with E-state index in [0.717, 1.165) is 41.4 Å². The molecule has 0 aliphatic carbocycles. The largest absolute Gasteiger partial charge is 0.464 e. The lowest BCUT2D eigenvalue weighted by Crippen LogP contribution is -2.24. The van der Waals surface area contributed by atoms with E-state index >= 15 is 0 Å². The van der Waals surface area contributed by atoms with Gasteiger partial charge in [-0.1, -0.05) is 26.7 Å². The lowest BCUT2D eigenvalue weighted by Gasteiger charge is -2.25. The molecule has 0 saturated carbocycles. The highest BCUT2D eigenvalue weighted by Gasteiger charge is 2.22. The molecule has 1 N–H and O–H groups in total. The quantitative estimate of drug-likeness (QED) is 0.175. The standard InChI is InChI=1S/C19H19FN2O2S2.C4H10.CH4O/c1-21-8-9-22(15-6-4-14(20)5-7-15)16-12-19(25-2)17(13-18(16)26-21)24-11-3-10-23;1-3-4-2;1-2/h3-7,10-13H,8-9H2,1-2H3;3-4H2,1-2H3;2H,1H3/b11-3+;;. The summed E-state index contributed by atoms with van der Waals surface area (Å²) in [4.78, 5) is 14.7. The van der Waals surface area contributed by atoms with Gasteiger partial charge in [0.1, 0.15) is 17.9 Å². The van der Waals surface area contributed by atoms with Crippen LogP contribution in [0.15, 0.2) is 58.5 Å². The molecule has 0 fully saturated rings. The Morgan fingerprint density at radius 3 is 2.38 bits per heavy atom. The van der Waals surface area contributed by atoms with Crippen molar-refractivity contribution in [3.05, 3.63) is 54.6 Å². The Hall–Kier alpha value is -2.00. The zero-order chi connectivity index (χ0) is 23.9. The fourth-order valence-electron chi connectivity index (χ4n) is 2.67. The maximum absolute atomic E-state index is 13.3. The van der Waals surface area contributed by atoms with Crippen molar-refractivity contribution < 1.29 is 19.0 Å². The van der Waals surface area contributed by atoms with Gasteiger partial charge in [-0.2, -0.15) is 0 Å². The van der Waals surface area contributed by atoms with Crippen molar-refractivity contribution in [3.8, 4) is 5.75 Å². The molecule has 2 aromatic carbocycles. The predicted molar refractivity (Wildman–Crippen MR) is 135 cm³/mol. The zero-order valence-corrected chi connectivity index (χ0v) is 21.0. The van der Waals surface area contributed by atoms with Crippen LogP contribution in [0.25, 0.3) is 0 Å². The minimum atomic E-state index is -0.245. The van der Waals surface area contributed by atoms with Gasteiger partial charge in [-0.15, -0.1) is 11.8 Å². The van der Waals surface area contributed by atoms with Gasteiger partial charge in [0.05, 0.1) is 21.7 Å². The maximum atomic E-state index is 13.3. The topological polar surface area (TPSA) is 53.0 Å². The number of ether oxygens (including phenoxy) is 1. The number of likely N-dealkylation sites (N-methyl/N-ethyl adjacent to an activating group) is 1. The monoisotopic (exact) mass is 480 g/mol. The van der Waals surface area contributed by atoms with Gasteiger partial charge in [-0.05, 0) is 61.6 Å². The Balaban J connectivity index is 0.000000769. The van der Waals surface area contributed by atoms with Gasteiger partial charge in [-0.3, -0.25) is 4.79 Å². The highest BCUT2D eigenvalue weighted by Crippen LogP contribution is 2.44. The van der Waals surface area contributed by atoms with Crippen molar-refractivity contribution in [2.24, 2.45) is 0 Å². The number of unbranched alkanes of at least 4 members (excludes halogenated alkanes) is 1. The fraction of sp³-hybridized carbons (Fsp3) is 0.375. The van der Waals surface area contributed by atoms with Crippen molar-refractivity contribution in [1.82, 2.24) is 4.31 Å².